The number of methoxy groups -OCH3 is 1. The molecule has 0 saturated carbocycles. The molecule has 5 nitrogen and oxygen atoms in total. The summed E-state index contributed by atoms with van der Waals surface area (Å²) in [6, 6.07) is 12.0. The summed E-state index contributed by atoms with van der Waals surface area (Å²) in [5.41, 5.74) is 1.49. The standard InChI is InChI=1S/C18H18BrNO4/c1-12(21)13-4-3-5-15(10-13)20-18(22)16-11-14(19)6-7-17(16)24-9-8-23-2/h3-7,10-11H,8-9H2,1-2H3,(H,20,22). The smallest absolute Gasteiger partial charge is 0.259 e. The number of amides is 1. The summed E-state index contributed by atoms with van der Waals surface area (Å²) in [5.74, 6) is 0.0945. The first-order valence-corrected chi connectivity index (χ1v) is 8.14. The molecule has 6 heteroatoms. The van der Waals surface area contributed by atoms with Gasteiger partial charge in [0.15, 0.2) is 5.78 Å². The maximum atomic E-state index is 12.6. The van der Waals surface area contributed by atoms with Crippen LogP contribution < -0.4 is 10.1 Å². The van der Waals surface area contributed by atoms with Gasteiger partial charge in [-0.15, -0.1) is 0 Å². The van der Waals surface area contributed by atoms with Crippen molar-refractivity contribution in [3.8, 4) is 5.75 Å². The van der Waals surface area contributed by atoms with Crippen LogP contribution in [0.1, 0.15) is 27.6 Å². The summed E-state index contributed by atoms with van der Waals surface area (Å²) in [6.07, 6.45) is 0. The largest absolute Gasteiger partial charge is 0.490 e. The zero-order chi connectivity index (χ0) is 17.5. The second-order valence-corrected chi connectivity index (χ2v) is 5.99. The third kappa shape index (κ3) is 4.91. The van der Waals surface area contributed by atoms with Crippen LogP contribution in [0.5, 0.6) is 5.75 Å². The summed E-state index contributed by atoms with van der Waals surface area (Å²) in [6.45, 7) is 2.26. The molecule has 0 saturated heterocycles. The predicted octanol–water partition coefficient (Wildman–Crippen LogP) is 3.93. The Balaban J connectivity index is 2.21. The number of hydrogen-bond acceptors (Lipinski definition) is 4. The molecular formula is C18H18BrNO4. The number of halogens is 1. The van der Waals surface area contributed by atoms with Crippen LogP contribution in [0.15, 0.2) is 46.9 Å². The lowest BCUT2D eigenvalue weighted by atomic mass is 10.1. The number of benzene rings is 2. The Bertz CT molecular complexity index is 746. The fourth-order valence-corrected chi connectivity index (χ4v) is 2.42. The van der Waals surface area contributed by atoms with Crippen molar-refractivity contribution in [2.75, 3.05) is 25.6 Å². The second-order valence-electron chi connectivity index (χ2n) is 5.07. The maximum absolute atomic E-state index is 12.6. The summed E-state index contributed by atoms with van der Waals surface area (Å²) in [7, 11) is 1.58. The zero-order valence-corrected chi connectivity index (χ0v) is 15.1. The molecule has 0 unspecified atom stereocenters. The van der Waals surface area contributed by atoms with Crippen molar-refractivity contribution < 1.29 is 19.1 Å². The molecule has 0 aliphatic carbocycles. The monoisotopic (exact) mass is 391 g/mol. The lowest BCUT2D eigenvalue weighted by Gasteiger charge is -2.12. The Morgan fingerprint density at radius 2 is 1.92 bits per heavy atom. The third-order valence-electron chi connectivity index (χ3n) is 3.26. The van der Waals surface area contributed by atoms with Crippen LogP contribution in [0.3, 0.4) is 0 Å². The van der Waals surface area contributed by atoms with Gasteiger partial charge in [-0.25, -0.2) is 0 Å². The van der Waals surface area contributed by atoms with Crippen molar-refractivity contribution in [2.24, 2.45) is 0 Å². The number of hydrogen-bond donors (Lipinski definition) is 1. The molecule has 0 aliphatic rings. The van der Waals surface area contributed by atoms with Crippen molar-refractivity contribution in [3.63, 3.8) is 0 Å². The number of ketones is 1. The number of Topliss-reactive ketones (excluding diaryl/α,β-unsaturated/α-hetero) is 1. The molecule has 0 heterocycles. The molecule has 0 bridgehead atoms. The fraction of sp³-hybridized carbons (Fsp3) is 0.222. The first-order valence-electron chi connectivity index (χ1n) is 7.35. The van der Waals surface area contributed by atoms with Crippen LogP contribution in [-0.2, 0) is 4.74 Å². The highest BCUT2D eigenvalue weighted by Gasteiger charge is 2.14. The number of carbonyl (C=O) groups excluding carboxylic acids is 2. The van der Waals surface area contributed by atoms with E-state index in [9.17, 15) is 9.59 Å². The number of anilines is 1. The zero-order valence-electron chi connectivity index (χ0n) is 13.5. The number of rotatable bonds is 7. The molecule has 0 aromatic heterocycles. The minimum absolute atomic E-state index is 0.0582. The van der Waals surface area contributed by atoms with Gasteiger partial charge in [0.25, 0.3) is 5.91 Å². The molecule has 126 valence electrons. The quantitative estimate of drug-likeness (QED) is 0.573. The number of carbonyl (C=O) groups is 2. The highest BCUT2D eigenvalue weighted by Crippen LogP contribution is 2.24. The molecule has 0 atom stereocenters. The van der Waals surface area contributed by atoms with Gasteiger partial charge in [-0.2, -0.15) is 0 Å². The van der Waals surface area contributed by atoms with E-state index in [4.69, 9.17) is 9.47 Å². The average molecular weight is 392 g/mol. The van der Waals surface area contributed by atoms with Gasteiger partial charge < -0.3 is 14.8 Å². The van der Waals surface area contributed by atoms with Crippen LogP contribution in [0.25, 0.3) is 0 Å². The first-order chi connectivity index (χ1) is 11.5. The van der Waals surface area contributed by atoms with Gasteiger partial charge in [0.05, 0.1) is 12.2 Å². The molecule has 0 fully saturated rings. The van der Waals surface area contributed by atoms with E-state index in [1.807, 2.05) is 0 Å². The van der Waals surface area contributed by atoms with Crippen LogP contribution in [0.4, 0.5) is 5.69 Å². The molecule has 1 amide bonds. The van der Waals surface area contributed by atoms with Crippen molar-refractivity contribution in [1.29, 1.82) is 0 Å². The topological polar surface area (TPSA) is 64.6 Å². The minimum atomic E-state index is -0.315. The van der Waals surface area contributed by atoms with Gasteiger partial charge in [-0.05, 0) is 37.3 Å². The van der Waals surface area contributed by atoms with E-state index in [0.717, 1.165) is 4.47 Å². The molecule has 0 spiro atoms. The van der Waals surface area contributed by atoms with Crippen molar-refractivity contribution in [3.05, 3.63) is 58.1 Å². The van der Waals surface area contributed by atoms with Gasteiger partial charge in [-0.1, -0.05) is 28.1 Å². The van der Waals surface area contributed by atoms with Gasteiger partial charge in [0.2, 0.25) is 0 Å². The summed E-state index contributed by atoms with van der Waals surface area (Å²) >= 11 is 3.36. The first kappa shape index (κ1) is 18.2. The molecule has 1 N–H and O–H groups in total. The van der Waals surface area contributed by atoms with Crippen LogP contribution in [-0.4, -0.2) is 32.0 Å². The van der Waals surface area contributed by atoms with Crippen LogP contribution in [0, 0.1) is 0 Å². The number of ether oxygens (including phenoxy) is 2. The van der Waals surface area contributed by atoms with Crippen LogP contribution >= 0.6 is 15.9 Å². The second kappa shape index (κ2) is 8.61. The Hall–Kier alpha value is -2.18. The molecule has 0 radical (unpaired) electrons. The van der Waals surface area contributed by atoms with E-state index in [1.54, 1.807) is 49.6 Å². The maximum Gasteiger partial charge on any atom is 0.259 e. The number of nitrogens with one attached hydrogen (secondary N) is 1. The Morgan fingerprint density at radius 1 is 1.12 bits per heavy atom. The van der Waals surface area contributed by atoms with E-state index in [0.29, 0.717) is 35.8 Å². The Kier molecular flexibility index (Phi) is 6.52. The average Bonchev–Trinajstić information content (AvgIpc) is 2.56. The fourth-order valence-electron chi connectivity index (χ4n) is 2.05. The summed E-state index contributed by atoms with van der Waals surface area (Å²) < 4.78 is 11.3. The highest BCUT2D eigenvalue weighted by molar-refractivity contribution is 9.10. The SMILES string of the molecule is COCCOc1ccc(Br)cc1C(=O)Nc1cccc(C(C)=O)c1. The predicted molar refractivity (Wildman–Crippen MR) is 95.9 cm³/mol. The molecule has 2 rings (SSSR count). The molecule has 2 aromatic carbocycles. The molecular weight excluding hydrogens is 374 g/mol. The highest BCUT2D eigenvalue weighted by atomic mass is 79.9. The van der Waals surface area contributed by atoms with Gasteiger partial charge in [0, 0.05) is 22.8 Å². The summed E-state index contributed by atoms with van der Waals surface area (Å²) in [4.78, 5) is 24.0. The van der Waals surface area contributed by atoms with Gasteiger partial charge in [-0.3, -0.25) is 9.59 Å². The molecule has 0 aliphatic heterocycles. The lowest BCUT2D eigenvalue weighted by Crippen LogP contribution is -2.15. The Labute approximate surface area is 149 Å². The van der Waals surface area contributed by atoms with E-state index in [2.05, 4.69) is 21.2 Å². The van der Waals surface area contributed by atoms with Crippen molar-refractivity contribution in [1.82, 2.24) is 0 Å². The van der Waals surface area contributed by atoms with Gasteiger partial charge >= 0.3 is 0 Å². The normalized spacial score (nSPS) is 10.3. The van der Waals surface area contributed by atoms with Crippen molar-refractivity contribution in [2.45, 2.75) is 6.92 Å². The van der Waals surface area contributed by atoms with Gasteiger partial charge in [0.1, 0.15) is 12.4 Å². The van der Waals surface area contributed by atoms with E-state index >= 15 is 0 Å². The van der Waals surface area contributed by atoms with E-state index in [-0.39, 0.29) is 11.7 Å². The lowest BCUT2D eigenvalue weighted by molar-refractivity contribution is 0.100. The van der Waals surface area contributed by atoms with Crippen molar-refractivity contribution >= 4 is 33.3 Å². The van der Waals surface area contributed by atoms with E-state index in [1.165, 1.54) is 6.92 Å². The minimum Gasteiger partial charge on any atom is -0.490 e. The molecule has 2 aromatic rings. The molecule has 24 heavy (non-hydrogen) atoms. The van der Waals surface area contributed by atoms with E-state index < -0.39 is 0 Å². The Morgan fingerprint density at radius 3 is 2.62 bits per heavy atom. The summed E-state index contributed by atoms with van der Waals surface area (Å²) in [5, 5.41) is 2.79. The third-order valence-corrected chi connectivity index (χ3v) is 3.75. The van der Waals surface area contributed by atoms with Crippen LogP contribution in [0.2, 0.25) is 0 Å².